The Morgan fingerprint density at radius 1 is 1.24 bits per heavy atom. The fourth-order valence-corrected chi connectivity index (χ4v) is 1.99. The van der Waals surface area contributed by atoms with Crippen molar-refractivity contribution in [2.24, 2.45) is 5.73 Å². The van der Waals surface area contributed by atoms with Gasteiger partial charge in [-0.25, -0.2) is 4.39 Å². The highest BCUT2D eigenvalue weighted by Gasteiger charge is 2.15. The summed E-state index contributed by atoms with van der Waals surface area (Å²) < 4.78 is 24.6. The molecular formula is C16H15FN2O2. The first-order chi connectivity index (χ1) is 10.0. The fraction of sp³-hybridized carbons (Fsp3) is 0.188. The zero-order valence-electron chi connectivity index (χ0n) is 11.8. The molecule has 4 nitrogen and oxygen atoms in total. The second-order valence-electron chi connectivity index (χ2n) is 4.55. The van der Waals surface area contributed by atoms with Crippen LogP contribution in [-0.4, -0.2) is 7.11 Å². The second kappa shape index (κ2) is 6.25. The summed E-state index contributed by atoms with van der Waals surface area (Å²) in [6, 6.07) is 10.8. The molecule has 0 aromatic heterocycles. The van der Waals surface area contributed by atoms with E-state index in [2.05, 4.69) is 0 Å². The van der Waals surface area contributed by atoms with Crippen LogP contribution in [0.1, 0.15) is 24.1 Å². The summed E-state index contributed by atoms with van der Waals surface area (Å²) in [5, 5.41) is 8.99. The molecule has 0 aliphatic heterocycles. The van der Waals surface area contributed by atoms with Crippen LogP contribution in [0.2, 0.25) is 0 Å². The van der Waals surface area contributed by atoms with Gasteiger partial charge < -0.3 is 15.2 Å². The van der Waals surface area contributed by atoms with Gasteiger partial charge in [0.15, 0.2) is 0 Å². The van der Waals surface area contributed by atoms with E-state index in [1.807, 2.05) is 6.07 Å². The lowest BCUT2D eigenvalue weighted by atomic mass is 10.1. The average Bonchev–Trinajstić information content (AvgIpc) is 2.46. The number of nitrogens with zero attached hydrogens (tertiary/aromatic N) is 1. The lowest BCUT2D eigenvalue weighted by Crippen LogP contribution is -2.09. The summed E-state index contributed by atoms with van der Waals surface area (Å²) in [6.45, 7) is 1.68. The zero-order chi connectivity index (χ0) is 15.4. The number of ether oxygens (including phenoxy) is 2. The monoisotopic (exact) mass is 286 g/mol. The van der Waals surface area contributed by atoms with Gasteiger partial charge in [-0.15, -0.1) is 0 Å². The van der Waals surface area contributed by atoms with Gasteiger partial charge in [0.1, 0.15) is 23.1 Å². The predicted molar refractivity (Wildman–Crippen MR) is 76.8 cm³/mol. The maximum Gasteiger partial charge on any atom is 0.135 e. The molecule has 0 radical (unpaired) electrons. The number of rotatable bonds is 4. The Morgan fingerprint density at radius 3 is 2.57 bits per heavy atom. The third-order valence-corrected chi connectivity index (χ3v) is 2.94. The second-order valence-corrected chi connectivity index (χ2v) is 4.55. The van der Waals surface area contributed by atoms with E-state index in [9.17, 15) is 4.39 Å². The van der Waals surface area contributed by atoms with Crippen LogP contribution in [0, 0.1) is 17.1 Å². The molecule has 21 heavy (non-hydrogen) atoms. The van der Waals surface area contributed by atoms with Crippen molar-refractivity contribution in [3.05, 3.63) is 53.3 Å². The van der Waals surface area contributed by atoms with Crippen molar-refractivity contribution < 1.29 is 13.9 Å². The van der Waals surface area contributed by atoms with E-state index < -0.39 is 11.9 Å². The predicted octanol–water partition coefficient (Wildman–Crippen LogP) is 3.52. The summed E-state index contributed by atoms with van der Waals surface area (Å²) in [4.78, 5) is 0. The fourth-order valence-electron chi connectivity index (χ4n) is 1.99. The maximum absolute atomic E-state index is 13.9. The van der Waals surface area contributed by atoms with Gasteiger partial charge in [-0.3, -0.25) is 0 Å². The molecule has 0 unspecified atom stereocenters. The number of benzene rings is 2. The molecule has 1 atom stereocenters. The molecule has 0 aliphatic rings. The van der Waals surface area contributed by atoms with Crippen molar-refractivity contribution in [3.8, 4) is 23.3 Å². The van der Waals surface area contributed by atoms with Crippen LogP contribution < -0.4 is 15.2 Å². The molecule has 0 saturated heterocycles. The Bertz CT molecular complexity index is 693. The first kappa shape index (κ1) is 14.8. The molecule has 2 N–H and O–H groups in total. The lowest BCUT2D eigenvalue weighted by molar-refractivity contribution is 0.407. The number of hydrogen-bond acceptors (Lipinski definition) is 4. The number of nitriles is 1. The number of methoxy groups -OCH3 is 1. The molecular weight excluding hydrogens is 271 g/mol. The highest BCUT2D eigenvalue weighted by Crippen LogP contribution is 2.32. The maximum atomic E-state index is 13.9. The van der Waals surface area contributed by atoms with E-state index in [4.69, 9.17) is 20.5 Å². The normalized spacial score (nSPS) is 11.6. The van der Waals surface area contributed by atoms with Crippen LogP contribution in [0.3, 0.4) is 0 Å². The summed E-state index contributed by atoms with van der Waals surface area (Å²) >= 11 is 0. The number of nitrogens with two attached hydrogens (primary N) is 1. The van der Waals surface area contributed by atoms with E-state index in [0.29, 0.717) is 28.4 Å². The summed E-state index contributed by atoms with van der Waals surface area (Å²) in [7, 11) is 1.50. The van der Waals surface area contributed by atoms with Crippen molar-refractivity contribution in [3.63, 3.8) is 0 Å². The SMILES string of the molecule is COc1cc(C#N)cc(Oc2cccc(F)c2[C@H](C)N)c1. The molecule has 0 saturated carbocycles. The summed E-state index contributed by atoms with van der Waals surface area (Å²) in [5.74, 6) is 0.772. The first-order valence-electron chi connectivity index (χ1n) is 6.36. The van der Waals surface area contributed by atoms with Crippen molar-refractivity contribution in [2.45, 2.75) is 13.0 Å². The van der Waals surface area contributed by atoms with Crippen LogP contribution in [0.5, 0.6) is 17.2 Å². The quantitative estimate of drug-likeness (QED) is 0.933. The molecule has 5 heteroatoms. The molecule has 0 heterocycles. The van der Waals surface area contributed by atoms with E-state index in [1.165, 1.54) is 13.2 Å². The third-order valence-electron chi connectivity index (χ3n) is 2.94. The molecule has 108 valence electrons. The van der Waals surface area contributed by atoms with E-state index in [-0.39, 0.29) is 0 Å². The molecule has 2 rings (SSSR count). The topological polar surface area (TPSA) is 68.3 Å². The van der Waals surface area contributed by atoms with Gasteiger partial charge in [0, 0.05) is 17.7 Å². The van der Waals surface area contributed by atoms with E-state index >= 15 is 0 Å². The molecule has 2 aromatic carbocycles. The number of hydrogen-bond donors (Lipinski definition) is 1. The van der Waals surface area contributed by atoms with Gasteiger partial charge in [0.05, 0.1) is 18.7 Å². The minimum Gasteiger partial charge on any atom is -0.497 e. The van der Waals surface area contributed by atoms with Crippen LogP contribution >= 0.6 is 0 Å². The third kappa shape index (κ3) is 3.30. The lowest BCUT2D eigenvalue weighted by Gasteiger charge is -2.15. The molecule has 0 bridgehead atoms. The Hall–Kier alpha value is -2.58. The van der Waals surface area contributed by atoms with Crippen molar-refractivity contribution in [1.82, 2.24) is 0 Å². The summed E-state index contributed by atoms with van der Waals surface area (Å²) in [6.07, 6.45) is 0. The molecule has 0 spiro atoms. The van der Waals surface area contributed by atoms with Crippen LogP contribution in [-0.2, 0) is 0 Å². The standard InChI is InChI=1S/C16H15FN2O2/c1-10(19)16-14(17)4-3-5-15(16)21-13-7-11(9-18)6-12(8-13)20-2/h3-8,10H,19H2,1-2H3/t10-/m0/s1. The molecule has 2 aromatic rings. The van der Waals surface area contributed by atoms with E-state index in [0.717, 1.165) is 0 Å². The van der Waals surface area contributed by atoms with Crippen LogP contribution in [0.4, 0.5) is 4.39 Å². The van der Waals surface area contributed by atoms with Crippen molar-refractivity contribution in [1.29, 1.82) is 5.26 Å². The Kier molecular flexibility index (Phi) is 4.41. The van der Waals surface area contributed by atoms with Gasteiger partial charge in [-0.05, 0) is 31.2 Å². The minimum atomic E-state index is -0.512. The Morgan fingerprint density at radius 2 is 1.95 bits per heavy atom. The minimum absolute atomic E-state index is 0.291. The average molecular weight is 286 g/mol. The zero-order valence-corrected chi connectivity index (χ0v) is 11.8. The van der Waals surface area contributed by atoms with Gasteiger partial charge in [0.2, 0.25) is 0 Å². The van der Waals surface area contributed by atoms with Gasteiger partial charge in [-0.1, -0.05) is 6.07 Å². The number of halogens is 1. The summed E-state index contributed by atoms with van der Waals surface area (Å²) in [5.41, 5.74) is 6.47. The van der Waals surface area contributed by atoms with E-state index in [1.54, 1.807) is 37.3 Å². The van der Waals surface area contributed by atoms with Crippen molar-refractivity contribution >= 4 is 0 Å². The highest BCUT2D eigenvalue weighted by molar-refractivity contribution is 5.47. The van der Waals surface area contributed by atoms with Crippen molar-refractivity contribution in [2.75, 3.05) is 7.11 Å². The largest absolute Gasteiger partial charge is 0.497 e. The molecule has 0 amide bonds. The first-order valence-corrected chi connectivity index (χ1v) is 6.36. The van der Waals surface area contributed by atoms with Gasteiger partial charge >= 0.3 is 0 Å². The van der Waals surface area contributed by atoms with Crippen LogP contribution in [0.25, 0.3) is 0 Å². The molecule has 0 aliphatic carbocycles. The smallest absolute Gasteiger partial charge is 0.135 e. The van der Waals surface area contributed by atoms with Gasteiger partial charge in [-0.2, -0.15) is 5.26 Å². The molecule has 0 fully saturated rings. The van der Waals surface area contributed by atoms with Gasteiger partial charge in [0.25, 0.3) is 0 Å². The Balaban J connectivity index is 2.43. The highest BCUT2D eigenvalue weighted by atomic mass is 19.1. The van der Waals surface area contributed by atoms with Crippen LogP contribution in [0.15, 0.2) is 36.4 Å². The Labute approximate surface area is 122 Å².